The van der Waals surface area contributed by atoms with Crippen molar-refractivity contribution in [2.24, 2.45) is 10.1 Å². The maximum Gasteiger partial charge on any atom is 0.248 e. The van der Waals surface area contributed by atoms with Gasteiger partial charge in [-0.25, -0.2) is 5.01 Å². The Morgan fingerprint density at radius 2 is 2.29 bits per heavy atom. The molecule has 0 fully saturated rings. The molecule has 1 aromatic carbocycles. The predicted octanol–water partition coefficient (Wildman–Crippen LogP) is 2.36. The van der Waals surface area contributed by atoms with Crippen LogP contribution in [0.2, 0.25) is 0 Å². The Hall–Kier alpha value is -2.00. The summed E-state index contributed by atoms with van der Waals surface area (Å²) in [7, 11) is 1.56. The van der Waals surface area contributed by atoms with E-state index >= 15 is 0 Å². The standard InChI is InChI=1S/C15H16N4O3S2/c1-22-11-6-3-2-5-10(11)16-13(21)9-23-15-18-19-8-4-7-12(20)17-14(19)24-15/h2-3,5-6H,4,7-9H2,1H3,(H,16,21). The van der Waals surface area contributed by atoms with Gasteiger partial charge >= 0.3 is 0 Å². The molecule has 0 radical (unpaired) electrons. The van der Waals surface area contributed by atoms with Gasteiger partial charge in [0.25, 0.3) is 0 Å². The number of hydrogen-bond donors (Lipinski definition) is 1. The minimum Gasteiger partial charge on any atom is -0.495 e. The number of thioether (sulfide) groups is 2. The van der Waals surface area contributed by atoms with Crippen LogP contribution in [0.15, 0.2) is 34.4 Å². The minimum absolute atomic E-state index is 0.115. The number of methoxy groups -OCH3 is 1. The largest absolute Gasteiger partial charge is 0.495 e. The Morgan fingerprint density at radius 3 is 3.12 bits per heavy atom. The molecule has 0 atom stereocenters. The fourth-order valence-corrected chi connectivity index (χ4v) is 3.98. The molecule has 0 aliphatic carbocycles. The fourth-order valence-electron chi connectivity index (χ4n) is 2.18. The van der Waals surface area contributed by atoms with Gasteiger partial charge in [-0.05, 0) is 30.3 Å². The van der Waals surface area contributed by atoms with Crippen LogP contribution in [0.3, 0.4) is 0 Å². The Bertz CT molecular complexity index is 720. The molecule has 0 saturated carbocycles. The summed E-state index contributed by atoms with van der Waals surface area (Å²) < 4.78 is 5.93. The summed E-state index contributed by atoms with van der Waals surface area (Å²) >= 11 is 2.66. The number of para-hydroxylation sites is 2. The lowest BCUT2D eigenvalue weighted by atomic mass is 10.3. The predicted molar refractivity (Wildman–Crippen MR) is 97.5 cm³/mol. The number of fused-ring (bicyclic) bond motifs is 1. The number of amidine groups is 1. The van der Waals surface area contributed by atoms with E-state index in [1.54, 1.807) is 24.3 Å². The number of rotatable bonds is 4. The average molecular weight is 364 g/mol. The first kappa shape index (κ1) is 16.8. The molecule has 3 rings (SSSR count). The van der Waals surface area contributed by atoms with Gasteiger partial charge in [0.15, 0.2) is 9.54 Å². The Kier molecular flexibility index (Phi) is 5.41. The number of nitrogens with zero attached hydrogens (tertiary/aromatic N) is 3. The highest BCUT2D eigenvalue weighted by Gasteiger charge is 2.27. The van der Waals surface area contributed by atoms with Gasteiger partial charge < -0.3 is 10.1 Å². The zero-order valence-electron chi connectivity index (χ0n) is 13.0. The molecule has 0 bridgehead atoms. The monoisotopic (exact) mass is 364 g/mol. The maximum absolute atomic E-state index is 12.1. The number of carbonyl (C=O) groups excluding carboxylic acids is 2. The van der Waals surface area contributed by atoms with Crippen LogP contribution in [-0.4, -0.2) is 45.8 Å². The number of amides is 2. The summed E-state index contributed by atoms with van der Waals surface area (Å²) in [5.74, 6) is 0.576. The zero-order valence-corrected chi connectivity index (χ0v) is 14.7. The van der Waals surface area contributed by atoms with Crippen LogP contribution in [0.5, 0.6) is 5.75 Å². The molecule has 0 saturated heterocycles. The van der Waals surface area contributed by atoms with Crippen molar-refractivity contribution in [1.29, 1.82) is 0 Å². The molecule has 0 spiro atoms. The van der Waals surface area contributed by atoms with E-state index in [4.69, 9.17) is 4.74 Å². The third-order valence-electron chi connectivity index (χ3n) is 3.29. The molecule has 2 heterocycles. The van der Waals surface area contributed by atoms with Gasteiger partial charge in [0.05, 0.1) is 18.6 Å². The lowest BCUT2D eigenvalue weighted by molar-refractivity contribution is -0.117. The molecule has 1 aromatic rings. The van der Waals surface area contributed by atoms with Crippen LogP contribution in [0.25, 0.3) is 0 Å². The SMILES string of the molecule is COc1ccccc1NC(=O)CSC1=NN2CCCC(=O)N=C2S1. The van der Waals surface area contributed by atoms with Gasteiger partial charge in [-0.15, -0.1) is 0 Å². The third-order valence-corrected chi connectivity index (χ3v) is 5.37. The average Bonchev–Trinajstić information content (AvgIpc) is 2.86. The Morgan fingerprint density at radius 1 is 1.46 bits per heavy atom. The van der Waals surface area contributed by atoms with Gasteiger partial charge in [0.1, 0.15) is 5.75 Å². The van der Waals surface area contributed by atoms with Crippen molar-refractivity contribution in [3.8, 4) is 5.75 Å². The molecule has 9 heteroatoms. The number of hydrogen-bond acceptors (Lipinski definition) is 7. The maximum atomic E-state index is 12.1. The molecule has 24 heavy (non-hydrogen) atoms. The molecular weight excluding hydrogens is 348 g/mol. The molecule has 2 aliphatic heterocycles. The van der Waals surface area contributed by atoms with E-state index in [2.05, 4.69) is 15.4 Å². The highest BCUT2D eigenvalue weighted by molar-refractivity contribution is 8.45. The molecule has 0 aromatic heterocycles. The van der Waals surface area contributed by atoms with Crippen LogP contribution in [-0.2, 0) is 9.59 Å². The molecule has 0 unspecified atom stereocenters. The normalized spacial score (nSPS) is 16.9. The van der Waals surface area contributed by atoms with E-state index in [1.807, 2.05) is 12.1 Å². The van der Waals surface area contributed by atoms with Crippen LogP contribution in [0.1, 0.15) is 12.8 Å². The number of aliphatic imine (C=N–C) groups is 1. The van der Waals surface area contributed by atoms with Crippen molar-refractivity contribution in [1.82, 2.24) is 5.01 Å². The summed E-state index contributed by atoms with van der Waals surface area (Å²) in [6.07, 6.45) is 1.20. The molecule has 1 N–H and O–H groups in total. The van der Waals surface area contributed by atoms with Crippen molar-refractivity contribution >= 4 is 50.6 Å². The summed E-state index contributed by atoms with van der Waals surface area (Å²) in [5, 5.41) is 9.56. The number of hydrazone groups is 1. The summed E-state index contributed by atoms with van der Waals surface area (Å²) in [5.41, 5.74) is 0.635. The smallest absolute Gasteiger partial charge is 0.248 e. The lowest BCUT2D eigenvalue weighted by Gasteiger charge is -2.09. The highest BCUT2D eigenvalue weighted by atomic mass is 32.2. The van der Waals surface area contributed by atoms with E-state index in [9.17, 15) is 9.59 Å². The molecule has 2 amide bonds. The van der Waals surface area contributed by atoms with E-state index in [0.29, 0.717) is 29.6 Å². The van der Waals surface area contributed by atoms with Crippen molar-refractivity contribution in [3.63, 3.8) is 0 Å². The first-order valence-electron chi connectivity index (χ1n) is 7.37. The quantitative estimate of drug-likeness (QED) is 0.883. The number of nitrogens with one attached hydrogen (secondary N) is 1. The summed E-state index contributed by atoms with van der Waals surface area (Å²) in [4.78, 5) is 27.6. The van der Waals surface area contributed by atoms with Crippen LogP contribution in [0, 0.1) is 0 Å². The van der Waals surface area contributed by atoms with Crippen molar-refractivity contribution in [2.75, 3.05) is 24.7 Å². The second-order valence-corrected chi connectivity index (χ2v) is 7.20. The number of carbonyl (C=O) groups is 2. The van der Waals surface area contributed by atoms with Crippen LogP contribution < -0.4 is 10.1 Å². The first-order valence-corrected chi connectivity index (χ1v) is 9.17. The third kappa shape index (κ3) is 4.09. The van der Waals surface area contributed by atoms with Gasteiger partial charge in [-0.3, -0.25) is 9.59 Å². The van der Waals surface area contributed by atoms with Gasteiger partial charge in [0, 0.05) is 13.0 Å². The van der Waals surface area contributed by atoms with Crippen molar-refractivity contribution in [2.45, 2.75) is 12.8 Å². The zero-order chi connectivity index (χ0) is 16.9. The van der Waals surface area contributed by atoms with Gasteiger partial charge in [-0.2, -0.15) is 10.1 Å². The Labute approximate surface area is 147 Å². The van der Waals surface area contributed by atoms with Gasteiger partial charge in [0.2, 0.25) is 11.8 Å². The van der Waals surface area contributed by atoms with E-state index in [1.165, 1.54) is 23.5 Å². The van der Waals surface area contributed by atoms with E-state index < -0.39 is 0 Å². The number of ether oxygens (including phenoxy) is 1. The molecular formula is C15H16N4O3S2. The van der Waals surface area contributed by atoms with E-state index in [-0.39, 0.29) is 17.6 Å². The van der Waals surface area contributed by atoms with Crippen molar-refractivity contribution < 1.29 is 14.3 Å². The van der Waals surface area contributed by atoms with Crippen molar-refractivity contribution in [3.05, 3.63) is 24.3 Å². The second kappa shape index (κ2) is 7.71. The number of anilines is 1. The minimum atomic E-state index is -0.145. The van der Waals surface area contributed by atoms with Gasteiger partial charge in [-0.1, -0.05) is 23.9 Å². The summed E-state index contributed by atoms with van der Waals surface area (Å²) in [6, 6.07) is 7.25. The first-order chi connectivity index (χ1) is 11.7. The second-order valence-electron chi connectivity index (χ2n) is 5.02. The molecule has 2 aliphatic rings. The topological polar surface area (TPSA) is 83.4 Å². The molecule has 126 valence electrons. The number of benzene rings is 1. The fraction of sp³-hybridized carbons (Fsp3) is 0.333. The lowest BCUT2D eigenvalue weighted by Crippen LogP contribution is -2.18. The van der Waals surface area contributed by atoms with Crippen LogP contribution in [0.4, 0.5) is 5.69 Å². The highest BCUT2D eigenvalue weighted by Crippen LogP contribution is 2.30. The Balaban J connectivity index is 1.55. The summed E-state index contributed by atoms with van der Waals surface area (Å²) in [6.45, 7) is 0.676. The van der Waals surface area contributed by atoms with E-state index in [0.717, 1.165) is 10.8 Å². The van der Waals surface area contributed by atoms with Crippen LogP contribution >= 0.6 is 23.5 Å². The molecule has 7 nitrogen and oxygen atoms in total.